The molecule has 4 aromatic rings. The summed E-state index contributed by atoms with van der Waals surface area (Å²) in [4.78, 5) is 33.8. The number of carbonyl (C=O) groups is 2. The van der Waals surface area contributed by atoms with E-state index in [1.165, 1.54) is 16.2 Å². The molecular formula is C28H19ClN2O5S. The van der Waals surface area contributed by atoms with Crippen molar-refractivity contribution in [1.82, 2.24) is 4.98 Å². The third-order valence-corrected chi connectivity index (χ3v) is 7.75. The van der Waals surface area contributed by atoms with Crippen molar-refractivity contribution in [2.45, 2.75) is 13.0 Å². The molecule has 6 rings (SSSR count). The summed E-state index contributed by atoms with van der Waals surface area (Å²) >= 11 is 7.35. The highest BCUT2D eigenvalue weighted by Crippen LogP contribution is 2.45. The molecule has 1 N–H and O–H groups in total. The fraction of sp³-hybridized carbons (Fsp3) is 0.107. The van der Waals surface area contributed by atoms with E-state index in [1.807, 2.05) is 30.3 Å². The Morgan fingerprint density at radius 1 is 1.05 bits per heavy atom. The minimum atomic E-state index is -0.890. The Kier molecular flexibility index (Phi) is 5.70. The van der Waals surface area contributed by atoms with Crippen LogP contribution in [0.4, 0.5) is 5.69 Å². The molecule has 0 bridgehead atoms. The van der Waals surface area contributed by atoms with Gasteiger partial charge in [0.25, 0.3) is 5.91 Å². The Labute approximate surface area is 221 Å². The quantitative estimate of drug-likeness (QED) is 0.305. The monoisotopic (exact) mass is 530 g/mol. The number of nitrogens with zero attached hydrogens (tertiary/aromatic N) is 2. The third-order valence-electron chi connectivity index (χ3n) is 6.30. The van der Waals surface area contributed by atoms with Crippen molar-refractivity contribution in [2.24, 2.45) is 0 Å². The van der Waals surface area contributed by atoms with E-state index in [2.05, 4.69) is 4.98 Å². The highest BCUT2D eigenvalue weighted by Gasteiger charge is 2.45. The number of benzene rings is 3. The molecule has 9 heteroatoms. The van der Waals surface area contributed by atoms with E-state index in [9.17, 15) is 14.7 Å². The number of hydrogen-bond donors (Lipinski definition) is 1. The number of ketones is 1. The van der Waals surface area contributed by atoms with Gasteiger partial charge in [0, 0.05) is 22.3 Å². The summed E-state index contributed by atoms with van der Waals surface area (Å²) in [5, 5.41) is 12.3. The lowest BCUT2D eigenvalue weighted by Crippen LogP contribution is -2.31. The molecule has 1 amide bonds. The number of halogens is 1. The molecule has 37 heavy (non-hydrogen) atoms. The van der Waals surface area contributed by atoms with Gasteiger partial charge in [-0.25, -0.2) is 4.98 Å². The molecule has 0 saturated carbocycles. The van der Waals surface area contributed by atoms with Crippen LogP contribution < -0.4 is 14.4 Å². The maximum Gasteiger partial charge on any atom is 0.294 e. The molecule has 3 heterocycles. The first-order valence-corrected chi connectivity index (χ1v) is 12.6. The Morgan fingerprint density at radius 2 is 1.78 bits per heavy atom. The van der Waals surface area contributed by atoms with E-state index in [-0.39, 0.29) is 12.4 Å². The highest BCUT2D eigenvalue weighted by molar-refractivity contribution is 7.17. The Balaban J connectivity index is 1.46. The zero-order valence-electron chi connectivity index (χ0n) is 19.5. The molecule has 1 aromatic heterocycles. The van der Waals surface area contributed by atoms with Gasteiger partial charge in [0.15, 0.2) is 17.3 Å². The number of aliphatic hydroxyl groups excluding tert-OH is 1. The molecule has 2 aliphatic heterocycles. The topological polar surface area (TPSA) is 89.0 Å². The van der Waals surface area contributed by atoms with Crippen molar-refractivity contribution in [3.05, 3.63) is 105 Å². The van der Waals surface area contributed by atoms with Gasteiger partial charge in [-0.15, -0.1) is 11.3 Å². The van der Waals surface area contributed by atoms with Crippen LogP contribution in [0.1, 0.15) is 27.0 Å². The van der Waals surface area contributed by atoms with Crippen molar-refractivity contribution in [2.75, 3.05) is 11.7 Å². The summed E-state index contributed by atoms with van der Waals surface area (Å²) < 4.78 is 10.9. The summed E-state index contributed by atoms with van der Waals surface area (Å²) in [6.45, 7) is 1.83. The number of thiazole rings is 1. The largest absolute Gasteiger partial charge is 0.503 e. The van der Waals surface area contributed by atoms with Crippen LogP contribution in [-0.4, -0.2) is 28.6 Å². The fourth-order valence-electron chi connectivity index (χ4n) is 4.53. The van der Waals surface area contributed by atoms with E-state index in [0.29, 0.717) is 43.4 Å². The lowest BCUT2D eigenvalue weighted by Gasteiger charge is -2.27. The summed E-state index contributed by atoms with van der Waals surface area (Å²) in [7, 11) is 0. The lowest BCUT2D eigenvalue weighted by atomic mass is 9.95. The molecule has 3 aromatic carbocycles. The molecular weight excluding hydrogens is 512 g/mol. The van der Waals surface area contributed by atoms with Gasteiger partial charge >= 0.3 is 0 Å². The number of amides is 1. The van der Waals surface area contributed by atoms with Gasteiger partial charge in [0.2, 0.25) is 12.6 Å². The molecule has 0 fully saturated rings. The van der Waals surface area contributed by atoms with Gasteiger partial charge < -0.3 is 14.6 Å². The van der Waals surface area contributed by atoms with Crippen molar-refractivity contribution in [3.8, 4) is 22.1 Å². The summed E-state index contributed by atoms with van der Waals surface area (Å²) in [6, 6.07) is 20.5. The number of carbonyl (C=O) groups excluding carboxylic acids is 2. The van der Waals surface area contributed by atoms with Gasteiger partial charge in [-0.3, -0.25) is 14.5 Å². The average molecular weight is 531 g/mol. The summed E-state index contributed by atoms with van der Waals surface area (Å²) in [5.74, 6) is -0.707. The maximum absolute atomic E-state index is 14.0. The first-order chi connectivity index (χ1) is 17.9. The second kappa shape index (κ2) is 9.06. The van der Waals surface area contributed by atoms with Crippen molar-refractivity contribution < 1.29 is 24.2 Å². The molecule has 184 valence electrons. The molecule has 0 spiro atoms. The Hall–Kier alpha value is -4.14. The van der Waals surface area contributed by atoms with Crippen LogP contribution >= 0.6 is 22.9 Å². The second-order valence-corrected chi connectivity index (χ2v) is 9.99. The molecule has 0 radical (unpaired) electrons. The van der Waals surface area contributed by atoms with Crippen LogP contribution in [0.15, 0.2) is 84.1 Å². The number of anilines is 1. The normalized spacial score (nSPS) is 16.5. The van der Waals surface area contributed by atoms with Crippen molar-refractivity contribution in [1.29, 1.82) is 0 Å². The average Bonchev–Trinajstić information content (AvgIpc) is 3.61. The van der Waals surface area contributed by atoms with Crippen LogP contribution in [0.3, 0.4) is 0 Å². The Bertz CT molecular complexity index is 1580. The highest BCUT2D eigenvalue weighted by atomic mass is 35.5. The zero-order valence-corrected chi connectivity index (χ0v) is 21.0. The summed E-state index contributed by atoms with van der Waals surface area (Å²) in [5.41, 5.74) is 2.46. The molecule has 0 saturated heterocycles. The number of aromatic nitrogens is 1. The van der Waals surface area contributed by atoms with Gasteiger partial charge in [-0.1, -0.05) is 54.1 Å². The number of ether oxygens (including phenoxy) is 2. The predicted molar refractivity (Wildman–Crippen MR) is 141 cm³/mol. The predicted octanol–water partition coefficient (Wildman–Crippen LogP) is 6.28. The van der Waals surface area contributed by atoms with Crippen LogP contribution in [0.5, 0.6) is 11.5 Å². The van der Waals surface area contributed by atoms with E-state index in [4.69, 9.17) is 21.1 Å². The molecule has 7 nitrogen and oxygen atoms in total. The van der Waals surface area contributed by atoms with Crippen LogP contribution in [-0.2, 0) is 4.79 Å². The van der Waals surface area contributed by atoms with Gasteiger partial charge in [0.1, 0.15) is 5.01 Å². The van der Waals surface area contributed by atoms with Crippen LogP contribution in [0.25, 0.3) is 10.6 Å². The first kappa shape index (κ1) is 23.3. The second-order valence-electron chi connectivity index (χ2n) is 8.56. The van der Waals surface area contributed by atoms with Gasteiger partial charge in [0.05, 0.1) is 22.2 Å². The smallest absolute Gasteiger partial charge is 0.294 e. The van der Waals surface area contributed by atoms with E-state index >= 15 is 0 Å². The number of Topliss-reactive ketones (excluding diaryl/α,β-unsaturated/α-hetero) is 1. The third kappa shape index (κ3) is 3.94. The minimum Gasteiger partial charge on any atom is -0.503 e. The zero-order chi connectivity index (χ0) is 25.7. The number of rotatable bonds is 5. The number of aryl methyl sites for hydroxylation is 1. The minimum absolute atomic E-state index is 0.0173. The fourth-order valence-corrected chi connectivity index (χ4v) is 5.68. The molecule has 2 aliphatic rings. The molecule has 0 aliphatic carbocycles. The standard InChI is InChI=1S/C28H19ClN2O5S/c1-15-26(37-27(30-15)17-5-3-2-4-6-17)24(32)22-23(16-7-9-18(29)10-8-16)31(28(34)25(22)33)19-11-12-20-21(13-19)36-14-35-20/h2-13,23,33H,14H2,1H3. The van der Waals surface area contributed by atoms with E-state index in [0.717, 1.165) is 5.56 Å². The molecule has 1 unspecified atom stereocenters. The maximum atomic E-state index is 14.0. The first-order valence-electron chi connectivity index (χ1n) is 11.4. The van der Waals surface area contributed by atoms with E-state index in [1.54, 1.807) is 49.4 Å². The lowest BCUT2D eigenvalue weighted by molar-refractivity contribution is -0.117. The Morgan fingerprint density at radius 3 is 2.54 bits per heavy atom. The number of aliphatic hydroxyl groups is 1. The number of hydrogen-bond acceptors (Lipinski definition) is 7. The molecule has 1 atom stereocenters. The summed E-state index contributed by atoms with van der Waals surface area (Å²) in [6.07, 6.45) is 0. The van der Waals surface area contributed by atoms with E-state index < -0.39 is 23.5 Å². The van der Waals surface area contributed by atoms with Crippen molar-refractivity contribution in [3.63, 3.8) is 0 Å². The van der Waals surface area contributed by atoms with Crippen LogP contribution in [0.2, 0.25) is 5.02 Å². The van der Waals surface area contributed by atoms with Crippen molar-refractivity contribution >= 4 is 40.3 Å². The SMILES string of the molecule is Cc1nc(-c2ccccc2)sc1C(=O)C1=C(O)C(=O)N(c2ccc3c(c2)OCO3)C1c1ccc(Cl)cc1. The van der Waals surface area contributed by atoms with Crippen LogP contribution in [0, 0.1) is 6.92 Å². The van der Waals surface area contributed by atoms with Gasteiger partial charge in [-0.2, -0.15) is 0 Å². The van der Waals surface area contributed by atoms with Gasteiger partial charge in [-0.05, 0) is 36.8 Å². The number of fused-ring (bicyclic) bond motifs is 1.